The Morgan fingerprint density at radius 3 is 2.29 bits per heavy atom. The maximum absolute atomic E-state index is 11.2. The van der Waals surface area contributed by atoms with Gasteiger partial charge in [-0.25, -0.2) is 0 Å². The van der Waals surface area contributed by atoms with Crippen LogP contribution >= 0.6 is 0 Å². The standard InChI is InChI=1S/C16H30O/c1-13(2)5-4-6-14(3)7-8-15-9-11-16(17)12-10-15/h13-15H,4-12H2,1-3H3. The van der Waals surface area contributed by atoms with Crippen molar-refractivity contribution < 1.29 is 4.79 Å². The van der Waals surface area contributed by atoms with Gasteiger partial charge >= 0.3 is 0 Å². The average molecular weight is 238 g/mol. The maximum Gasteiger partial charge on any atom is 0.132 e. The van der Waals surface area contributed by atoms with E-state index in [1.54, 1.807) is 0 Å². The lowest BCUT2D eigenvalue weighted by Gasteiger charge is -2.22. The smallest absolute Gasteiger partial charge is 0.132 e. The lowest BCUT2D eigenvalue weighted by atomic mass is 9.83. The van der Waals surface area contributed by atoms with Crippen molar-refractivity contribution in [3.8, 4) is 0 Å². The van der Waals surface area contributed by atoms with E-state index in [0.717, 1.165) is 43.4 Å². The van der Waals surface area contributed by atoms with Gasteiger partial charge in [-0.2, -0.15) is 0 Å². The van der Waals surface area contributed by atoms with Crippen LogP contribution in [-0.4, -0.2) is 5.78 Å². The minimum Gasteiger partial charge on any atom is -0.300 e. The Labute approximate surface area is 107 Å². The van der Waals surface area contributed by atoms with Crippen LogP contribution in [0.25, 0.3) is 0 Å². The molecule has 0 saturated heterocycles. The third-order valence-electron chi connectivity index (χ3n) is 4.21. The summed E-state index contributed by atoms with van der Waals surface area (Å²) in [6.45, 7) is 7.02. The molecule has 0 bridgehead atoms. The van der Waals surface area contributed by atoms with Crippen molar-refractivity contribution in [2.45, 2.75) is 78.6 Å². The van der Waals surface area contributed by atoms with Gasteiger partial charge in [0.25, 0.3) is 0 Å². The van der Waals surface area contributed by atoms with Crippen molar-refractivity contribution in [3.63, 3.8) is 0 Å². The van der Waals surface area contributed by atoms with Crippen LogP contribution in [0.15, 0.2) is 0 Å². The molecule has 1 saturated carbocycles. The monoisotopic (exact) mass is 238 g/mol. The van der Waals surface area contributed by atoms with Gasteiger partial charge in [0, 0.05) is 12.8 Å². The molecule has 0 aromatic heterocycles. The molecular weight excluding hydrogens is 208 g/mol. The Morgan fingerprint density at radius 1 is 1.06 bits per heavy atom. The molecule has 0 amide bonds. The molecule has 17 heavy (non-hydrogen) atoms. The van der Waals surface area contributed by atoms with Gasteiger partial charge in [0.05, 0.1) is 0 Å². The number of carbonyl (C=O) groups is 1. The SMILES string of the molecule is CC(C)CCCC(C)CCC1CCC(=O)CC1. The van der Waals surface area contributed by atoms with Crippen LogP contribution in [0.3, 0.4) is 0 Å². The van der Waals surface area contributed by atoms with E-state index in [1.165, 1.54) is 32.1 Å². The van der Waals surface area contributed by atoms with Crippen LogP contribution in [0.1, 0.15) is 78.6 Å². The van der Waals surface area contributed by atoms with Crippen molar-refractivity contribution in [1.29, 1.82) is 0 Å². The topological polar surface area (TPSA) is 17.1 Å². The van der Waals surface area contributed by atoms with Gasteiger partial charge in [0.15, 0.2) is 0 Å². The van der Waals surface area contributed by atoms with Crippen molar-refractivity contribution in [2.24, 2.45) is 17.8 Å². The molecule has 1 aliphatic rings. The van der Waals surface area contributed by atoms with Crippen LogP contribution in [0, 0.1) is 17.8 Å². The quantitative estimate of drug-likeness (QED) is 0.611. The zero-order valence-electron chi connectivity index (χ0n) is 12.0. The fraction of sp³-hybridized carbons (Fsp3) is 0.938. The predicted molar refractivity (Wildman–Crippen MR) is 74.1 cm³/mol. The summed E-state index contributed by atoms with van der Waals surface area (Å²) in [6, 6.07) is 0. The second kappa shape index (κ2) is 7.89. The van der Waals surface area contributed by atoms with Crippen LogP contribution < -0.4 is 0 Å². The predicted octanol–water partition coefficient (Wildman–Crippen LogP) is 4.99. The fourth-order valence-corrected chi connectivity index (χ4v) is 2.83. The van der Waals surface area contributed by atoms with E-state index in [4.69, 9.17) is 0 Å². The van der Waals surface area contributed by atoms with Gasteiger partial charge in [-0.15, -0.1) is 0 Å². The van der Waals surface area contributed by atoms with E-state index in [9.17, 15) is 4.79 Å². The first-order valence-corrected chi connectivity index (χ1v) is 7.59. The molecule has 1 heteroatoms. The largest absolute Gasteiger partial charge is 0.300 e. The van der Waals surface area contributed by atoms with E-state index in [-0.39, 0.29) is 0 Å². The lowest BCUT2D eigenvalue weighted by molar-refractivity contribution is -0.121. The van der Waals surface area contributed by atoms with Gasteiger partial charge in [-0.1, -0.05) is 52.9 Å². The average Bonchev–Trinajstić information content (AvgIpc) is 2.28. The molecule has 0 aliphatic heterocycles. The number of hydrogen-bond acceptors (Lipinski definition) is 1. The molecular formula is C16H30O. The summed E-state index contributed by atoms with van der Waals surface area (Å²) in [7, 11) is 0. The highest BCUT2D eigenvalue weighted by Crippen LogP contribution is 2.28. The van der Waals surface area contributed by atoms with Crippen LogP contribution in [0.2, 0.25) is 0 Å². The summed E-state index contributed by atoms with van der Waals surface area (Å²) in [5.74, 6) is 3.07. The Balaban J connectivity index is 2.03. The molecule has 0 spiro atoms. The summed E-state index contributed by atoms with van der Waals surface area (Å²) in [5.41, 5.74) is 0. The van der Waals surface area contributed by atoms with Crippen molar-refractivity contribution in [1.82, 2.24) is 0 Å². The first-order valence-electron chi connectivity index (χ1n) is 7.59. The van der Waals surface area contributed by atoms with Gasteiger partial charge < -0.3 is 0 Å². The molecule has 0 heterocycles. The molecule has 1 nitrogen and oxygen atoms in total. The number of carbonyl (C=O) groups excluding carboxylic acids is 1. The molecule has 100 valence electrons. The number of hydrogen-bond donors (Lipinski definition) is 0. The molecule has 0 radical (unpaired) electrons. The van der Waals surface area contributed by atoms with Gasteiger partial charge in [0.1, 0.15) is 5.78 Å². The van der Waals surface area contributed by atoms with E-state index >= 15 is 0 Å². The molecule has 1 fully saturated rings. The van der Waals surface area contributed by atoms with Crippen LogP contribution in [0.4, 0.5) is 0 Å². The highest BCUT2D eigenvalue weighted by atomic mass is 16.1. The molecule has 1 atom stereocenters. The minimum atomic E-state index is 0.492. The molecule has 1 rings (SSSR count). The summed E-state index contributed by atoms with van der Waals surface area (Å²) in [5, 5.41) is 0. The number of Topliss-reactive ketones (excluding diaryl/α,β-unsaturated/α-hetero) is 1. The maximum atomic E-state index is 11.2. The zero-order valence-corrected chi connectivity index (χ0v) is 12.0. The summed E-state index contributed by atoms with van der Waals surface area (Å²) >= 11 is 0. The van der Waals surface area contributed by atoms with Crippen molar-refractivity contribution in [2.75, 3.05) is 0 Å². The highest BCUT2D eigenvalue weighted by Gasteiger charge is 2.18. The normalized spacial score (nSPS) is 19.9. The first kappa shape index (κ1) is 14.7. The third kappa shape index (κ3) is 6.85. The Kier molecular flexibility index (Phi) is 6.84. The van der Waals surface area contributed by atoms with E-state index in [2.05, 4.69) is 20.8 Å². The Bertz CT molecular complexity index is 210. The molecule has 1 unspecified atom stereocenters. The molecule has 0 N–H and O–H groups in total. The van der Waals surface area contributed by atoms with Gasteiger partial charge in [-0.05, 0) is 30.6 Å². The second-order valence-electron chi connectivity index (χ2n) is 6.49. The number of ketones is 1. The highest BCUT2D eigenvalue weighted by molar-refractivity contribution is 5.78. The Morgan fingerprint density at radius 2 is 1.71 bits per heavy atom. The third-order valence-corrected chi connectivity index (χ3v) is 4.21. The fourth-order valence-electron chi connectivity index (χ4n) is 2.83. The summed E-state index contributed by atoms with van der Waals surface area (Å²) in [4.78, 5) is 11.2. The van der Waals surface area contributed by atoms with Gasteiger partial charge in [0.2, 0.25) is 0 Å². The van der Waals surface area contributed by atoms with E-state index in [0.29, 0.717) is 5.78 Å². The molecule has 1 aliphatic carbocycles. The van der Waals surface area contributed by atoms with E-state index < -0.39 is 0 Å². The minimum absolute atomic E-state index is 0.492. The van der Waals surface area contributed by atoms with Crippen molar-refractivity contribution >= 4 is 5.78 Å². The van der Waals surface area contributed by atoms with Gasteiger partial charge in [-0.3, -0.25) is 4.79 Å². The second-order valence-corrected chi connectivity index (χ2v) is 6.49. The number of rotatable bonds is 7. The lowest BCUT2D eigenvalue weighted by Crippen LogP contribution is -2.14. The van der Waals surface area contributed by atoms with Crippen LogP contribution in [-0.2, 0) is 4.79 Å². The summed E-state index contributed by atoms with van der Waals surface area (Å²) in [6.07, 6.45) is 10.9. The Hall–Kier alpha value is -0.330. The molecule has 0 aromatic rings. The van der Waals surface area contributed by atoms with Crippen LogP contribution in [0.5, 0.6) is 0 Å². The summed E-state index contributed by atoms with van der Waals surface area (Å²) < 4.78 is 0. The van der Waals surface area contributed by atoms with Crippen molar-refractivity contribution in [3.05, 3.63) is 0 Å². The van der Waals surface area contributed by atoms with E-state index in [1.807, 2.05) is 0 Å². The zero-order chi connectivity index (χ0) is 12.7. The first-order chi connectivity index (χ1) is 8.08. The molecule has 0 aromatic carbocycles.